The summed E-state index contributed by atoms with van der Waals surface area (Å²) in [7, 11) is 0. The van der Waals surface area contributed by atoms with Gasteiger partial charge in [-0.1, -0.05) is 6.92 Å². The van der Waals surface area contributed by atoms with Crippen LogP contribution in [-0.4, -0.2) is 46.4 Å². The predicted octanol–water partition coefficient (Wildman–Crippen LogP) is -0.0217. The van der Waals surface area contributed by atoms with Crippen molar-refractivity contribution in [3.63, 3.8) is 0 Å². The number of likely N-dealkylation sites (tertiary alicyclic amines) is 1. The SMILES string of the molecule is CCCNC(C)(CN1C(=O)CCC1=O)C(=O)O. The topological polar surface area (TPSA) is 86.7 Å². The summed E-state index contributed by atoms with van der Waals surface area (Å²) in [5.41, 5.74) is -1.27. The number of amides is 2. The summed E-state index contributed by atoms with van der Waals surface area (Å²) in [5, 5.41) is 12.0. The number of hydrogen-bond donors (Lipinski definition) is 2. The summed E-state index contributed by atoms with van der Waals surface area (Å²) in [6, 6.07) is 0. The van der Waals surface area contributed by atoms with Gasteiger partial charge in [-0.15, -0.1) is 0 Å². The fraction of sp³-hybridized carbons (Fsp3) is 0.727. The van der Waals surface area contributed by atoms with E-state index >= 15 is 0 Å². The molecule has 17 heavy (non-hydrogen) atoms. The molecule has 0 aromatic heterocycles. The maximum absolute atomic E-state index is 11.4. The highest BCUT2D eigenvalue weighted by Gasteiger charge is 2.40. The van der Waals surface area contributed by atoms with Gasteiger partial charge in [0.25, 0.3) is 0 Å². The van der Waals surface area contributed by atoms with Crippen molar-refractivity contribution in [1.29, 1.82) is 0 Å². The first-order valence-electron chi connectivity index (χ1n) is 5.72. The minimum atomic E-state index is -1.27. The normalized spacial score (nSPS) is 19.5. The largest absolute Gasteiger partial charge is 0.480 e. The molecule has 2 N–H and O–H groups in total. The van der Waals surface area contributed by atoms with Crippen LogP contribution in [0.4, 0.5) is 0 Å². The Hall–Kier alpha value is -1.43. The highest BCUT2D eigenvalue weighted by molar-refractivity contribution is 6.02. The highest BCUT2D eigenvalue weighted by Crippen LogP contribution is 2.16. The molecule has 6 heteroatoms. The van der Waals surface area contributed by atoms with Crippen LogP contribution in [0.15, 0.2) is 0 Å². The van der Waals surface area contributed by atoms with Crippen molar-refractivity contribution in [2.45, 2.75) is 38.6 Å². The van der Waals surface area contributed by atoms with Gasteiger partial charge in [0, 0.05) is 12.8 Å². The second-order valence-electron chi connectivity index (χ2n) is 4.44. The van der Waals surface area contributed by atoms with Crippen LogP contribution in [0, 0.1) is 0 Å². The Kier molecular flexibility index (Phi) is 4.22. The van der Waals surface area contributed by atoms with Gasteiger partial charge in [-0.05, 0) is 19.9 Å². The van der Waals surface area contributed by atoms with Crippen molar-refractivity contribution in [2.75, 3.05) is 13.1 Å². The number of carbonyl (C=O) groups excluding carboxylic acids is 2. The molecule has 96 valence electrons. The monoisotopic (exact) mass is 242 g/mol. The van der Waals surface area contributed by atoms with Crippen molar-refractivity contribution in [2.24, 2.45) is 0 Å². The number of carboxylic acid groups (broad SMARTS) is 1. The van der Waals surface area contributed by atoms with Crippen molar-refractivity contribution in [3.05, 3.63) is 0 Å². The Morgan fingerprint density at radius 2 is 1.94 bits per heavy atom. The van der Waals surface area contributed by atoms with Gasteiger partial charge in [0.1, 0.15) is 5.54 Å². The summed E-state index contributed by atoms with van der Waals surface area (Å²) >= 11 is 0. The van der Waals surface area contributed by atoms with E-state index in [0.29, 0.717) is 6.54 Å². The number of carbonyl (C=O) groups is 3. The molecule has 0 saturated carbocycles. The molecule has 1 aliphatic heterocycles. The second-order valence-corrected chi connectivity index (χ2v) is 4.44. The van der Waals surface area contributed by atoms with E-state index in [1.165, 1.54) is 6.92 Å². The standard InChI is InChI=1S/C11H18N2O4/c1-3-6-12-11(2,10(16)17)7-13-8(14)4-5-9(13)15/h12H,3-7H2,1-2H3,(H,16,17). The van der Waals surface area contributed by atoms with E-state index in [9.17, 15) is 19.5 Å². The third-order valence-corrected chi connectivity index (χ3v) is 2.87. The molecule has 1 saturated heterocycles. The van der Waals surface area contributed by atoms with E-state index < -0.39 is 11.5 Å². The molecular weight excluding hydrogens is 224 g/mol. The summed E-state index contributed by atoms with van der Waals surface area (Å²) in [4.78, 5) is 35.1. The molecule has 1 unspecified atom stereocenters. The van der Waals surface area contributed by atoms with Gasteiger partial charge in [-0.2, -0.15) is 0 Å². The molecule has 0 aromatic carbocycles. The van der Waals surface area contributed by atoms with E-state index in [-0.39, 0.29) is 31.2 Å². The lowest BCUT2D eigenvalue weighted by Gasteiger charge is -2.30. The minimum Gasteiger partial charge on any atom is -0.480 e. The lowest BCUT2D eigenvalue weighted by Crippen LogP contribution is -2.58. The summed E-state index contributed by atoms with van der Waals surface area (Å²) in [6.07, 6.45) is 1.15. The first kappa shape index (κ1) is 13.6. The number of carboxylic acids is 1. The summed E-state index contributed by atoms with van der Waals surface area (Å²) in [5.74, 6) is -1.64. The molecule has 1 aliphatic rings. The van der Waals surface area contributed by atoms with Crippen LogP contribution < -0.4 is 5.32 Å². The first-order valence-corrected chi connectivity index (χ1v) is 5.72. The molecular formula is C11H18N2O4. The van der Waals surface area contributed by atoms with Gasteiger partial charge in [-0.25, -0.2) is 0 Å². The van der Waals surface area contributed by atoms with E-state index in [0.717, 1.165) is 11.3 Å². The molecule has 0 spiro atoms. The van der Waals surface area contributed by atoms with Crippen LogP contribution in [-0.2, 0) is 14.4 Å². The average Bonchev–Trinajstić information content (AvgIpc) is 2.58. The van der Waals surface area contributed by atoms with E-state index in [2.05, 4.69) is 5.32 Å². The third kappa shape index (κ3) is 3.03. The zero-order chi connectivity index (χ0) is 13.1. The average molecular weight is 242 g/mol. The van der Waals surface area contributed by atoms with E-state index in [4.69, 9.17) is 0 Å². The van der Waals surface area contributed by atoms with Crippen molar-refractivity contribution >= 4 is 17.8 Å². The molecule has 6 nitrogen and oxygen atoms in total. The lowest BCUT2D eigenvalue weighted by molar-refractivity contribution is -0.147. The zero-order valence-corrected chi connectivity index (χ0v) is 10.2. The molecule has 2 amide bonds. The van der Waals surface area contributed by atoms with Crippen molar-refractivity contribution in [1.82, 2.24) is 10.2 Å². The van der Waals surface area contributed by atoms with Crippen LogP contribution in [0.3, 0.4) is 0 Å². The fourth-order valence-electron chi connectivity index (χ4n) is 1.72. The Bertz CT molecular complexity index is 326. The van der Waals surface area contributed by atoms with Gasteiger partial charge in [0.15, 0.2) is 0 Å². The molecule has 1 atom stereocenters. The maximum atomic E-state index is 11.4. The van der Waals surface area contributed by atoms with Gasteiger partial charge in [0.2, 0.25) is 11.8 Å². The highest BCUT2D eigenvalue weighted by atomic mass is 16.4. The van der Waals surface area contributed by atoms with Crippen molar-refractivity contribution in [3.8, 4) is 0 Å². The zero-order valence-electron chi connectivity index (χ0n) is 10.2. The van der Waals surface area contributed by atoms with E-state index in [1.54, 1.807) is 0 Å². The molecule has 1 heterocycles. The molecule has 0 bridgehead atoms. The number of nitrogens with one attached hydrogen (secondary N) is 1. The Morgan fingerprint density at radius 3 is 2.35 bits per heavy atom. The van der Waals surface area contributed by atoms with Crippen LogP contribution in [0.2, 0.25) is 0 Å². The summed E-state index contributed by atoms with van der Waals surface area (Å²) in [6.45, 7) is 3.82. The molecule has 1 rings (SSSR count). The van der Waals surface area contributed by atoms with Crippen LogP contribution in [0.5, 0.6) is 0 Å². The van der Waals surface area contributed by atoms with Gasteiger partial charge >= 0.3 is 5.97 Å². The first-order chi connectivity index (χ1) is 7.90. The second kappa shape index (κ2) is 5.27. The number of hydrogen-bond acceptors (Lipinski definition) is 4. The number of imide groups is 1. The number of aliphatic carboxylic acids is 1. The quantitative estimate of drug-likeness (QED) is 0.639. The Labute approximate surface area is 100.0 Å². The lowest BCUT2D eigenvalue weighted by atomic mass is 10.0. The molecule has 0 aliphatic carbocycles. The third-order valence-electron chi connectivity index (χ3n) is 2.87. The van der Waals surface area contributed by atoms with E-state index in [1.807, 2.05) is 6.92 Å². The van der Waals surface area contributed by atoms with Gasteiger partial charge in [0.05, 0.1) is 6.54 Å². The van der Waals surface area contributed by atoms with Crippen molar-refractivity contribution < 1.29 is 19.5 Å². The smallest absolute Gasteiger partial charge is 0.325 e. The maximum Gasteiger partial charge on any atom is 0.325 e. The predicted molar refractivity (Wildman–Crippen MR) is 60.3 cm³/mol. The number of rotatable bonds is 6. The molecule has 0 aromatic rings. The molecule has 0 radical (unpaired) electrons. The Balaban J connectivity index is 2.75. The van der Waals surface area contributed by atoms with Gasteiger partial charge in [-0.3, -0.25) is 19.3 Å². The van der Waals surface area contributed by atoms with Crippen LogP contribution in [0.25, 0.3) is 0 Å². The number of nitrogens with zero attached hydrogens (tertiary/aromatic N) is 1. The fourth-order valence-corrected chi connectivity index (χ4v) is 1.72. The van der Waals surface area contributed by atoms with Gasteiger partial charge < -0.3 is 10.4 Å². The Morgan fingerprint density at radius 1 is 1.41 bits per heavy atom. The van der Waals surface area contributed by atoms with Crippen LogP contribution in [0.1, 0.15) is 33.1 Å². The molecule has 1 fully saturated rings. The minimum absolute atomic E-state index is 0.111. The van der Waals surface area contributed by atoms with Crippen LogP contribution >= 0.6 is 0 Å². The summed E-state index contributed by atoms with van der Waals surface area (Å²) < 4.78 is 0.